The number of pyridine rings is 1. The zero-order valence-electron chi connectivity index (χ0n) is 14.4. The van der Waals surface area contributed by atoms with E-state index in [1.807, 2.05) is 30.5 Å². The molecule has 0 bridgehead atoms. The van der Waals surface area contributed by atoms with Crippen molar-refractivity contribution >= 4 is 63.8 Å². The topological polar surface area (TPSA) is 28.2 Å². The minimum atomic E-state index is 0. The molecule has 1 N–H and O–H groups in total. The number of nitrogens with zero attached hydrogens (tertiary/aromatic N) is 2. The molecular formula is C18H25Cl4N3. The van der Waals surface area contributed by atoms with Crippen LogP contribution in [0, 0.1) is 0 Å². The van der Waals surface area contributed by atoms with Crippen molar-refractivity contribution in [1.82, 2.24) is 9.88 Å². The van der Waals surface area contributed by atoms with Gasteiger partial charge in [-0.2, -0.15) is 0 Å². The molecular weight excluding hydrogens is 400 g/mol. The number of halogens is 4. The Morgan fingerprint density at radius 1 is 1.12 bits per heavy atom. The number of hydrogen-bond acceptors (Lipinski definition) is 3. The largest absolute Gasteiger partial charge is 0.382 e. The number of anilines is 1. The smallest absolute Gasteiger partial charge is 0.0737 e. The van der Waals surface area contributed by atoms with Crippen LogP contribution < -0.4 is 5.32 Å². The molecule has 2 aromatic rings. The molecule has 0 aliphatic carbocycles. The van der Waals surface area contributed by atoms with Gasteiger partial charge in [-0.25, -0.2) is 0 Å². The summed E-state index contributed by atoms with van der Waals surface area (Å²) in [5.74, 6) is 1.30. The third-order valence-corrected chi connectivity index (χ3v) is 4.59. The first-order valence-electron chi connectivity index (χ1n) is 8.29. The van der Waals surface area contributed by atoms with Gasteiger partial charge in [-0.05, 0) is 50.6 Å². The van der Waals surface area contributed by atoms with E-state index in [2.05, 4.69) is 22.1 Å². The van der Waals surface area contributed by atoms with Gasteiger partial charge in [0.1, 0.15) is 0 Å². The first kappa shape index (κ1) is 22.6. The Kier molecular flexibility index (Phi) is 10.9. The molecule has 7 heteroatoms. The zero-order valence-corrected chi connectivity index (χ0v) is 17.4. The minimum absolute atomic E-state index is 0. The van der Waals surface area contributed by atoms with Crippen molar-refractivity contribution in [2.45, 2.75) is 25.8 Å². The Labute approximate surface area is 171 Å². The van der Waals surface area contributed by atoms with Crippen LogP contribution >= 0.6 is 47.2 Å². The lowest BCUT2D eigenvalue weighted by Crippen LogP contribution is -2.30. The van der Waals surface area contributed by atoms with E-state index in [1.54, 1.807) is 0 Å². The second-order valence-corrected chi connectivity index (χ2v) is 7.12. The molecule has 0 amide bonds. The van der Waals surface area contributed by atoms with Crippen LogP contribution in [-0.2, 0) is 0 Å². The Balaban J connectivity index is 0.00000312. The molecule has 0 saturated carbocycles. The fourth-order valence-corrected chi connectivity index (χ4v) is 3.42. The van der Waals surface area contributed by atoms with Crippen LogP contribution in [-0.4, -0.2) is 47.3 Å². The van der Waals surface area contributed by atoms with Crippen LogP contribution in [0.4, 0.5) is 5.69 Å². The van der Waals surface area contributed by atoms with E-state index in [0.717, 1.165) is 49.1 Å². The summed E-state index contributed by atoms with van der Waals surface area (Å²) in [5.41, 5.74) is 2.01. The fraction of sp³-hybridized carbons (Fsp3) is 0.500. The Morgan fingerprint density at radius 2 is 1.84 bits per heavy atom. The van der Waals surface area contributed by atoms with Crippen molar-refractivity contribution in [3.8, 4) is 0 Å². The van der Waals surface area contributed by atoms with Gasteiger partial charge in [-0.15, -0.1) is 35.6 Å². The van der Waals surface area contributed by atoms with Crippen LogP contribution in [0.25, 0.3) is 10.9 Å². The molecule has 0 spiro atoms. The van der Waals surface area contributed by atoms with Crippen LogP contribution in [0.2, 0.25) is 5.02 Å². The van der Waals surface area contributed by atoms with Gasteiger partial charge < -0.3 is 10.2 Å². The highest BCUT2D eigenvalue weighted by molar-refractivity contribution is 6.31. The number of aromatic nitrogens is 1. The summed E-state index contributed by atoms with van der Waals surface area (Å²) in [6.45, 7) is 5.02. The van der Waals surface area contributed by atoms with E-state index >= 15 is 0 Å². The van der Waals surface area contributed by atoms with Crippen molar-refractivity contribution in [3.05, 3.63) is 35.5 Å². The lowest BCUT2D eigenvalue weighted by Gasteiger charge is -2.22. The number of hydrogen-bond donors (Lipinski definition) is 1. The maximum Gasteiger partial charge on any atom is 0.0737 e. The van der Waals surface area contributed by atoms with E-state index in [4.69, 9.17) is 34.8 Å². The van der Waals surface area contributed by atoms with Crippen molar-refractivity contribution in [2.24, 2.45) is 0 Å². The van der Waals surface area contributed by atoms with Gasteiger partial charge in [0.25, 0.3) is 0 Å². The van der Waals surface area contributed by atoms with Crippen LogP contribution in [0.3, 0.4) is 0 Å². The summed E-state index contributed by atoms with van der Waals surface area (Å²) in [6, 6.07) is 8.20. The molecule has 140 valence electrons. The standard InChI is InChI=1S/C18H24Cl3N3.ClH/c1-14(3-2-10-24(11-7-19)12-8-20)23-17-6-9-22-18-13-15(21)4-5-16(17)18;/h4-6,9,13-14H,2-3,7-8,10-12H2,1H3,(H,22,23);1H. The maximum absolute atomic E-state index is 6.04. The van der Waals surface area contributed by atoms with Crippen LogP contribution in [0.1, 0.15) is 19.8 Å². The van der Waals surface area contributed by atoms with Gasteiger partial charge >= 0.3 is 0 Å². The Morgan fingerprint density at radius 3 is 2.52 bits per heavy atom. The van der Waals surface area contributed by atoms with Gasteiger partial charge in [0, 0.05) is 53.2 Å². The summed E-state index contributed by atoms with van der Waals surface area (Å²) in [5, 5.41) is 5.39. The predicted octanol–water partition coefficient (Wildman–Crippen LogP) is 5.67. The van der Waals surface area contributed by atoms with Gasteiger partial charge in [0.2, 0.25) is 0 Å². The molecule has 1 atom stereocenters. The predicted molar refractivity (Wildman–Crippen MR) is 114 cm³/mol. The molecule has 1 aromatic carbocycles. The summed E-state index contributed by atoms with van der Waals surface area (Å²) in [4.78, 5) is 6.70. The van der Waals surface area contributed by atoms with Gasteiger partial charge in [-0.3, -0.25) is 4.98 Å². The summed E-state index contributed by atoms with van der Waals surface area (Å²) >= 11 is 17.7. The Hall–Kier alpha value is -0.450. The third-order valence-electron chi connectivity index (χ3n) is 4.02. The molecule has 0 aliphatic heterocycles. The highest BCUT2D eigenvalue weighted by atomic mass is 35.5. The molecule has 1 aromatic heterocycles. The quantitative estimate of drug-likeness (QED) is 0.498. The monoisotopic (exact) mass is 423 g/mol. The second kappa shape index (κ2) is 12.0. The van der Waals surface area contributed by atoms with E-state index in [9.17, 15) is 0 Å². The van der Waals surface area contributed by atoms with Gasteiger partial charge in [0.15, 0.2) is 0 Å². The molecule has 1 heterocycles. The molecule has 25 heavy (non-hydrogen) atoms. The molecule has 1 unspecified atom stereocenters. The van der Waals surface area contributed by atoms with Crippen molar-refractivity contribution < 1.29 is 0 Å². The average molecular weight is 425 g/mol. The van der Waals surface area contributed by atoms with E-state index < -0.39 is 0 Å². The highest BCUT2D eigenvalue weighted by Crippen LogP contribution is 2.25. The highest BCUT2D eigenvalue weighted by Gasteiger charge is 2.08. The van der Waals surface area contributed by atoms with Gasteiger partial charge in [0.05, 0.1) is 5.52 Å². The first-order valence-corrected chi connectivity index (χ1v) is 9.74. The van der Waals surface area contributed by atoms with Crippen LogP contribution in [0.5, 0.6) is 0 Å². The number of rotatable bonds is 10. The van der Waals surface area contributed by atoms with Gasteiger partial charge in [-0.1, -0.05) is 11.6 Å². The fourth-order valence-electron chi connectivity index (χ4n) is 2.78. The molecule has 0 radical (unpaired) electrons. The van der Waals surface area contributed by atoms with E-state index in [1.165, 1.54) is 0 Å². The summed E-state index contributed by atoms with van der Waals surface area (Å²) < 4.78 is 0. The molecule has 0 saturated heterocycles. The number of benzene rings is 1. The SMILES string of the molecule is CC(CCCN(CCCl)CCCl)Nc1ccnc2cc(Cl)ccc12.Cl. The maximum atomic E-state index is 6.04. The normalized spacial score (nSPS) is 12.2. The summed E-state index contributed by atoms with van der Waals surface area (Å²) in [7, 11) is 0. The lowest BCUT2D eigenvalue weighted by atomic mass is 10.1. The number of fused-ring (bicyclic) bond motifs is 1. The Bertz CT molecular complexity index is 633. The number of alkyl halides is 2. The van der Waals surface area contributed by atoms with E-state index in [0.29, 0.717) is 22.8 Å². The van der Waals surface area contributed by atoms with Crippen molar-refractivity contribution in [1.29, 1.82) is 0 Å². The number of nitrogens with one attached hydrogen (secondary N) is 1. The molecule has 3 nitrogen and oxygen atoms in total. The molecule has 0 aliphatic rings. The van der Waals surface area contributed by atoms with Crippen molar-refractivity contribution in [3.63, 3.8) is 0 Å². The molecule has 2 rings (SSSR count). The van der Waals surface area contributed by atoms with Crippen LogP contribution in [0.15, 0.2) is 30.5 Å². The summed E-state index contributed by atoms with van der Waals surface area (Å²) in [6.07, 6.45) is 4.01. The second-order valence-electron chi connectivity index (χ2n) is 5.93. The van der Waals surface area contributed by atoms with E-state index in [-0.39, 0.29) is 12.4 Å². The third kappa shape index (κ3) is 7.36. The molecule has 0 fully saturated rings. The average Bonchev–Trinajstić information content (AvgIpc) is 2.55. The zero-order chi connectivity index (χ0) is 17.4. The van der Waals surface area contributed by atoms with Crippen molar-refractivity contribution in [2.75, 3.05) is 36.7 Å². The minimum Gasteiger partial charge on any atom is -0.382 e. The lowest BCUT2D eigenvalue weighted by molar-refractivity contribution is 0.298. The first-order chi connectivity index (χ1) is 11.6.